The Morgan fingerprint density at radius 3 is 1.76 bits per heavy atom. The highest BCUT2D eigenvalue weighted by molar-refractivity contribution is 7.99. The van der Waals surface area contributed by atoms with Gasteiger partial charge < -0.3 is 0 Å². The molecule has 0 unspecified atom stereocenters. The number of nitrogens with zero attached hydrogens (tertiary/aromatic N) is 3. The van der Waals surface area contributed by atoms with E-state index in [4.69, 9.17) is 15.0 Å². The fraction of sp³-hybridized carbons (Fsp3) is 0.0217. The average molecular weight is 688 g/mol. The summed E-state index contributed by atoms with van der Waals surface area (Å²) in [6, 6.07) is 62.7. The average Bonchev–Trinajstić information content (AvgIpc) is 3.59. The van der Waals surface area contributed by atoms with Gasteiger partial charge in [-0.2, -0.15) is 0 Å². The molecule has 0 saturated heterocycles. The minimum absolute atomic E-state index is 0.543. The number of hydrogen-bond acceptors (Lipinski definition) is 5. The molecule has 0 spiro atoms. The Morgan fingerprint density at radius 2 is 1.00 bits per heavy atom. The summed E-state index contributed by atoms with van der Waals surface area (Å²) in [5, 5.41) is 2.47. The molecule has 0 atom stereocenters. The molecule has 5 heteroatoms. The molecule has 0 N–H and O–H groups in total. The van der Waals surface area contributed by atoms with Crippen LogP contribution in [0.25, 0.3) is 54.3 Å². The topological polar surface area (TPSA) is 38.7 Å². The SMILES string of the molecule is c1ccc(-c2nc(-c3ccc4sc5ccccc5c4c3)nc(-c3cccc4c3Sc3ccccc3C4(c3ccccc3)c3ccccc3)n2)cc1. The molecule has 0 amide bonds. The third-order valence-corrected chi connectivity index (χ3v) is 12.3. The molecule has 9 aromatic rings. The second-order valence-electron chi connectivity index (χ2n) is 12.7. The first-order valence-corrected chi connectivity index (χ1v) is 18.7. The fourth-order valence-electron chi connectivity index (χ4n) is 7.61. The maximum absolute atomic E-state index is 5.30. The standard InChI is InChI=1S/C46H29N3S2/c1-4-15-30(16-5-1)43-47-44(31-27-28-40-36(29-31)34-21-10-12-25-39(34)50-40)49-45(48-43)35-22-14-24-38-42(35)51-41-26-13-11-23-37(41)46(38,32-17-6-2-7-18-32)33-19-8-3-9-20-33/h1-29H. The number of benzene rings is 7. The summed E-state index contributed by atoms with van der Waals surface area (Å²) in [4.78, 5) is 18.0. The van der Waals surface area contributed by atoms with Crippen molar-refractivity contribution in [2.75, 3.05) is 0 Å². The van der Waals surface area contributed by atoms with Crippen LogP contribution in [0.15, 0.2) is 186 Å². The molecule has 0 bridgehead atoms. The summed E-state index contributed by atoms with van der Waals surface area (Å²) >= 11 is 3.62. The van der Waals surface area contributed by atoms with Gasteiger partial charge in [0.2, 0.25) is 0 Å². The highest BCUT2D eigenvalue weighted by Crippen LogP contribution is 2.57. The van der Waals surface area contributed by atoms with E-state index in [0.29, 0.717) is 17.5 Å². The zero-order valence-electron chi connectivity index (χ0n) is 27.4. The molecule has 10 rings (SSSR count). The van der Waals surface area contributed by atoms with Gasteiger partial charge in [0.1, 0.15) is 0 Å². The molecule has 3 nitrogen and oxygen atoms in total. The second kappa shape index (κ2) is 12.2. The van der Waals surface area contributed by atoms with E-state index in [2.05, 4.69) is 158 Å². The van der Waals surface area contributed by atoms with Crippen molar-refractivity contribution in [2.45, 2.75) is 15.2 Å². The molecule has 51 heavy (non-hydrogen) atoms. The van der Waals surface area contributed by atoms with Crippen molar-refractivity contribution in [3.05, 3.63) is 198 Å². The van der Waals surface area contributed by atoms with Gasteiger partial charge in [-0.05, 0) is 52.6 Å². The van der Waals surface area contributed by atoms with E-state index in [1.54, 1.807) is 11.8 Å². The predicted molar refractivity (Wildman–Crippen MR) is 211 cm³/mol. The molecule has 0 radical (unpaired) electrons. The monoisotopic (exact) mass is 687 g/mol. The molecular weight excluding hydrogens is 659 g/mol. The van der Waals surface area contributed by atoms with E-state index in [9.17, 15) is 0 Å². The smallest absolute Gasteiger partial charge is 0.165 e. The number of hydrogen-bond donors (Lipinski definition) is 0. The van der Waals surface area contributed by atoms with Gasteiger partial charge in [0.05, 0.1) is 5.41 Å². The van der Waals surface area contributed by atoms with Gasteiger partial charge in [-0.3, -0.25) is 0 Å². The van der Waals surface area contributed by atoms with Gasteiger partial charge >= 0.3 is 0 Å². The van der Waals surface area contributed by atoms with Crippen molar-refractivity contribution >= 4 is 43.3 Å². The fourth-order valence-corrected chi connectivity index (χ4v) is 10.00. The minimum Gasteiger partial charge on any atom is -0.208 e. The van der Waals surface area contributed by atoms with Crippen molar-refractivity contribution in [1.29, 1.82) is 0 Å². The highest BCUT2D eigenvalue weighted by atomic mass is 32.2. The van der Waals surface area contributed by atoms with E-state index < -0.39 is 5.41 Å². The van der Waals surface area contributed by atoms with Gasteiger partial charge in [0.15, 0.2) is 17.5 Å². The summed E-state index contributed by atoms with van der Waals surface area (Å²) in [6.45, 7) is 0. The number of fused-ring (bicyclic) bond motifs is 5. The van der Waals surface area contributed by atoms with E-state index in [1.807, 2.05) is 29.5 Å². The van der Waals surface area contributed by atoms with Crippen LogP contribution in [0, 0.1) is 0 Å². The van der Waals surface area contributed by atoms with Crippen LogP contribution in [0.2, 0.25) is 0 Å². The Balaban J connectivity index is 1.24. The van der Waals surface area contributed by atoms with Crippen LogP contribution in [0.3, 0.4) is 0 Å². The Kier molecular flexibility index (Phi) is 7.15. The van der Waals surface area contributed by atoms with E-state index in [0.717, 1.165) is 21.6 Å². The van der Waals surface area contributed by atoms with Crippen molar-refractivity contribution in [3.8, 4) is 34.2 Å². The summed E-state index contributed by atoms with van der Waals surface area (Å²) in [6.07, 6.45) is 0. The van der Waals surface area contributed by atoms with Gasteiger partial charge in [0.25, 0.3) is 0 Å². The zero-order chi connectivity index (χ0) is 33.8. The first kappa shape index (κ1) is 30.0. The van der Waals surface area contributed by atoms with Crippen LogP contribution in [0.4, 0.5) is 0 Å². The number of rotatable bonds is 5. The van der Waals surface area contributed by atoms with Gasteiger partial charge in [0, 0.05) is 46.7 Å². The first-order chi connectivity index (χ1) is 25.3. The lowest BCUT2D eigenvalue weighted by Gasteiger charge is -2.42. The largest absolute Gasteiger partial charge is 0.208 e. The first-order valence-electron chi connectivity index (χ1n) is 17.0. The maximum atomic E-state index is 5.30. The van der Waals surface area contributed by atoms with Gasteiger partial charge in [-0.15, -0.1) is 11.3 Å². The van der Waals surface area contributed by atoms with Crippen LogP contribution in [0.1, 0.15) is 22.3 Å². The lowest BCUT2D eigenvalue weighted by molar-refractivity contribution is 0.703. The minimum atomic E-state index is -0.543. The lowest BCUT2D eigenvalue weighted by Crippen LogP contribution is -2.34. The summed E-state index contributed by atoms with van der Waals surface area (Å²) in [5.41, 5.74) is 7.31. The van der Waals surface area contributed by atoms with Gasteiger partial charge in [-0.25, -0.2) is 15.0 Å². The molecule has 1 aliphatic rings. The molecule has 1 aliphatic heterocycles. The maximum Gasteiger partial charge on any atom is 0.165 e. The van der Waals surface area contributed by atoms with Crippen LogP contribution in [-0.4, -0.2) is 15.0 Å². The lowest BCUT2D eigenvalue weighted by atomic mass is 9.64. The van der Waals surface area contributed by atoms with Crippen LogP contribution >= 0.6 is 23.1 Å². The Morgan fingerprint density at radius 1 is 0.412 bits per heavy atom. The molecular formula is C46H29N3S2. The summed E-state index contributed by atoms with van der Waals surface area (Å²) in [5.74, 6) is 1.97. The van der Waals surface area contributed by atoms with Crippen molar-refractivity contribution in [2.24, 2.45) is 0 Å². The molecule has 0 aliphatic carbocycles. The van der Waals surface area contributed by atoms with Crippen LogP contribution in [-0.2, 0) is 5.41 Å². The highest BCUT2D eigenvalue weighted by Gasteiger charge is 2.45. The van der Waals surface area contributed by atoms with E-state index in [1.165, 1.54) is 47.3 Å². The zero-order valence-corrected chi connectivity index (χ0v) is 29.0. The molecule has 240 valence electrons. The van der Waals surface area contributed by atoms with Crippen molar-refractivity contribution in [3.63, 3.8) is 0 Å². The molecule has 3 heterocycles. The third-order valence-electron chi connectivity index (χ3n) is 9.88. The normalized spacial score (nSPS) is 13.2. The Hall–Kier alpha value is -5.88. The van der Waals surface area contributed by atoms with Crippen molar-refractivity contribution < 1.29 is 0 Å². The van der Waals surface area contributed by atoms with Crippen molar-refractivity contribution in [1.82, 2.24) is 15.0 Å². The quantitative estimate of drug-likeness (QED) is 0.181. The summed E-state index contributed by atoms with van der Waals surface area (Å²) < 4.78 is 2.53. The van der Waals surface area contributed by atoms with E-state index >= 15 is 0 Å². The van der Waals surface area contributed by atoms with Crippen LogP contribution < -0.4 is 0 Å². The molecule has 7 aromatic carbocycles. The Bertz CT molecular complexity index is 2680. The third kappa shape index (κ3) is 4.84. The second-order valence-corrected chi connectivity index (χ2v) is 14.9. The van der Waals surface area contributed by atoms with Crippen LogP contribution in [0.5, 0.6) is 0 Å². The number of aromatic nitrogens is 3. The molecule has 0 saturated carbocycles. The van der Waals surface area contributed by atoms with Gasteiger partial charge in [-0.1, -0.05) is 157 Å². The summed E-state index contributed by atoms with van der Waals surface area (Å²) in [7, 11) is 0. The number of thiophene rings is 1. The van der Waals surface area contributed by atoms with E-state index in [-0.39, 0.29) is 0 Å². The molecule has 2 aromatic heterocycles. The predicted octanol–water partition coefficient (Wildman–Crippen LogP) is 12.1. The molecule has 0 fully saturated rings. The Labute approximate surface area is 304 Å².